The van der Waals surface area contributed by atoms with E-state index < -0.39 is 0 Å². The van der Waals surface area contributed by atoms with Gasteiger partial charge in [0.25, 0.3) is 0 Å². The molecule has 0 aliphatic carbocycles. The predicted molar refractivity (Wildman–Crippen MR) is 64.5 cm³/mol. The second-order valence-electron chi connectivity index (χ2n) is 5.46. The summed E-state index contributed by atoms with van der Waals surface area (Å²) in [6, 6.07) is 0. The lowest BCUT2D eigenvalue weighted by Gasteiger charge is -2.35. The molecule has 0 spiro atoms. The van der Waals surface area contributed by atoms with E-state index in [1.165, 1.54) is 0 Å². The number of rotatable bonds is 1. The fourth-order valence-electron chi connectivity index (χ4n) is 3.10. The molecule has 0 saturated carbocycles. The number of hydrogen-bond donors (Lipinski definition) is 0. The fraction of sp³-hybridized carbons (Fsp3) is 0.769. The van der Waals surface area contributed by atoms with Crippen LogP contribution < -0.4 is 0 Å². The van der Waals surface area contributed by atoms with E-state index in [-0.39, 0.29) is 18.1 Å². The van der Waals surface area contributed by atoms with Gasteiger partial charge < -0.3 is 14.5 Å². The van der Waals surface area contributed by atoms with Crippen molar-refractivity contribution in [3.05, 3.63) is 12.2 Å². The van der Waals surface area contributed by atoms with Crippen molar-refractivity contribution in [2.75, 3.05) is 33.2 Å². The van der Waals surface area contributed by atoms with E-state index in [9.17, 15) is 4.79 Å². The minimum absolute atomic E-state index is 0.0298. The van der Waals surface area contributed by atoms with Crippen LogP contribution in [-0.2, 0) is 9.53 Å². The molecule has 0 radical (unpaired) electrons. The van der Waals surface area contributed by atoms with Gasteiger partial charge in [-0.25, -0.2) is 0 Å². The summed E-state index contributed by atoms with van der Waals surface area (Å²) in [6.07, 6.45) is 4.36. The summed E-state index contributed by atoms with van der Waals surface area (Å²) in [5, 5.41) is 0. The van der Waals surface area contributed by atoms with E-state index in [1.807, 2.05) is 4.90 Å². The van der Waals surface area contributed by atoms with Crippen LogP contribution >= 0.6 is 0 Å². The third-order valence-corrected chi connectivity index (χ3v) is 4.34. The first-order valence-corrected chi connectivity index (χ1v) is 6.48. The smallest absolute Gasteiger partial charge is 0.229 e. The molecule has 2 fully saturated rings. The minimum Gasteiger partial charge on any atom is -0.366 e. The molecule has 94 valence electrons. The summed E-state index contributed by atoms with van der Waals surface area (Å²) < 4.78 is 5.76. The standard InChI is InChI=1S/C13H20N2O2/c1-9-10-3-4-11(17-10)12(9)13(16)15-7-5-14(2)6-8-15/h3-4,9-12H,5-8H2,1-2H3/t9?,10-,11+,12?/m1/s1. The maximum Gasteiger partial charge on any atom is 0.229 e. The predicted octanol–water partition coefficient (Wildman–Crippen LogP) is 0.350. The average Bonchev–Trinajstić information content (AvgIpc) is 2.89. The van der Waals surface area contributed by atoms with Gasteiger partial charge in [0.15, 0.2) is 0 Å². The van der Waals surface area contributed by atoms with Crippen molar-refractivity contribution in [3.8, 4) is 0 Å². The third-order valence-electron chi connectivity index (χ3n) is 4.34. The maximum absolute atomic E-state index is 12.5. The highest BCUT2D eigenvalue weighted by Gasteiger charge is 2.48. The molecule has 4 heteroatoms. The Hall–Kier alpha value is -0.870. The number of nitrogens with zero attached hydrogens (tertiary/aromatic N) is 2. The third kappa shape index (κ3) is 1.79. The summed E-state index contributed by atoms with van der Waals surface area (Å²) in [5.74, 6) is 0.674. The second-order valence-corrected chi connectivity index (χ2v) is 5.46. The van der Waals surface area contributed by atoms with Crippen molar-refractivity contribution in [1.82, 2.24) is 9.80 Å². The molecule has 3 heterocycles. The van der Waals surface area contributed by atoms with E-state index in [0.29, 0.717) is 11.8 Å². The first-order chi connectivity index (χ1) is 8.16. The second kappa shape index (κ2) is 4.10. The Labute approximate surface area is 102 Å². The van der Waals surface area contributed by atoms with E-state index in [0.717, 1.165) is 26.2 Å². The van der Waals surface area contributed by atoms with Crippen LogP contribution in [0, 0.1) is 11.8 Å². The van der Waals surface area contributed by atoms with Gasteiger partial charge in [0.05, 0.1) is 18.1 Å². The van der Waals surface area contributed by atoms with Crippen molar-refractivity contribution in [1.29, 1.82) is 0 Å². The molecule has 2 saturated heterocycles. The van der Waals surface area contributed by atoms with Crippen LogP contribution in [-0.4, -0.2) is 61.1 Å². The number of hydrogen-bond acceptors (Lipinski definition) is 3. The number of amides is 1. The Balaban J connectivity index is 1.68. The van der Waals surface area contributed by atoms with Gasteiger partial charge >= 0.3 is 0 Å². The highest BCUT2D eigenvalue weighted by molar-refractivity contribution is 5.81. The molecular weight excluding hydrogens is 216 g/mol. The van der Waals surface area contributed by atoms with Crippen LogP contribution in [0.1, 0.15) is 6.92 Å². The number of carbonyl (C=O) groups is 1. The maximum atomic E-state index is 12.5. The zero-order valence-corrected chi connectivity index (χ0v) is 10.5. The first-order valence-electron chi connectivity index (χ1n) is 6.48. The summed E-state index contributed by atoms with van der Waals surface area (Å²) in [4.78, 5) is 16.8. The van der Waals surface area contributed by atoms with E-state index >= 15 is 0 Å². The molecule has 3 rings (SSSR count). The average molecular weight is 236 g/mol. The van der Waals surface area contributed by atoms with Crippen LogP contribution in [0.4, 0.5) is 0 Å². The van der Waals surface area contributed by atoms with Crippen molar-refractivity contribution in [2.45, 2.75) is 19.1 Å². The lowest BCUT2D eigenvalue weighted by molar-refractivity contribution is -0.139. The van der Waals surface area contributed by atoms with Gasteiger partial charge in [-0.05, 0) is 7.05 Å². The van der Waals surface area contributed by atoms with Gasteiger partial charge in [-0.2, -0.15) is 0 Å². The quantitative estimate of drug-likeness (QED) is 0.616. The van der Waals surface area contributed by atoms with Crippen LogP contribution in [0.5, 0.6) is 0 Å². The van der Waals surface area contributed by atoms with Gasteiger partial charge in [0.2, 0.25) is 5.91 Å². The summed E-state index contributed by atoms with van der Waals surface area (Å²) in [5.41, 5.74) is 0. The Morgan fingerprint density at radius 1 is 1.18 bits per heavy atom. The van der Waals surface area contributed by atoms with E-state index in [1.54, 1.807) is 0 Å². The highest BCUT2D eigenvalue weighted by atomic mass is 16.5. The van der Waals surface area contributed by atoms with Crippen molar-refractivity contribution < 1.29 is 9.53 Å². The van der Waals surface area contributed by atoms with Crippen molar-refractivity contribution >= 4 is 5.91 Å². The van der Waals surface area contributed by atoms with E-state index in [4.69, 9.17) is 4.74 Å². The van der Waals surface area contributed by atoms with Gasteiger partial charge in [-0.15, -0.1) is 0 Å². The summed E-state index contributed by atoms with van der Waals surface area (Å²) in [6.45, 7) is 5.82. The molecule has 0 aromatic rings. The molecule has 2 unspecified atom stereocenters. The minimum atomic E-state index is 0.0298. The summed E-state index contributed by atoms with van der Waals surface area (Å²) in [7, 11) is 2.10. The molecule has 0 aromatic carbocycles. The van der Waals surface area contributed by atoms with Crippen LogP contribution in [0.3, 0.4) is 0 Å². The number of likely N-dealkylation sites (N-methyl/N-ethyl adjacent to an activating group) is 1. The monoisotopic (exact) mass is 236 g/mol. The fourth-order valence-corrected chi connectivity index (χ4v) is 3.10. The number of carbonyl (C=O) groups excluding carboxylic acids is 1. The molecule has 3 aliphatic rings. The molecule has 2 bridgehead atoms. The molecular formula is C13H20N2O2. The number of piperazine rings is 1. The lowest BCUT2D eigenvalue weighted by atomic mass is 9.83. The largest absolute Gasteiger partial charge is 0.366 e. The van der Waals surface area contributed by atoms with Gasteiger partial charge in [0, 0.05) is 32.1 Å². The Morgan fingerprint density at radius 2 is 1.82 bits per heavy atom. The molecule has 3 aliphatic heterocycles. The number of ether oxygens (including phenoxy) is 1. The molecule has 0 aromatic heterocycles. The molecule has 0 N–H and O–H groups in total. The first kappa shape index (κ1) is 11.2. The van der Waals surface area contributed by atoms with E-state index in [2.05, 4.69) is 31.0 Å². The van der Waals surface area contributed by atoms with Crippen LogP contribution in [0.2, 0.25) is 0 Å². The Morgan fingerprint density at radius 3 is 2.41 bits per heavy atom. The SMILES string of the molecule is CC1C(C(=O)N2CCN(C)CC2)[C@@H]2C=C[C@H]1O2. The van der Waals surface area contributed by atoms with Gasteiger partial charge in [0.1, 0.15) is 0 Å². The lowest BCUT2D eigenvalue weighted by Crippen LogP contribution is -2.51. The van der Waals surface area contributed by atoms with Crippen LogP contribution in [0.25, 0.3) is 0 Å². The molecule has 17 heavy (non-hydrogen) atoms. The normalized spacial score (nSPS) is 41.2. The topological polar surface area (TPSA) is 32.8 Å². The highest BCUT2D eigenvalue weighted by Crippen LogP contribution is 2.39. The molecule has 1 amide bonds. The zero-order valence-electron chi connectivity index (χ0n) is 10.5. The van der Waals surface area contributed by atoms with Gasteiger partial charge in [-0.1, -0.05) is 19.1 Å². The Kier molecular flexibility index (Phi) is 2.71. The van der Waals surface area contributed by atoms with Crippen molar-refractivity contribution in [3.63, 3.8) is 0 Å². The summed E-state index contributed by atoms with van der Waals surface area (Å²) >= 11 is 0. The van der Waals surface area contributed by atoms with Crippen molar-refractivity contribution in [2.24, 2.45) is 11.8 Å². The van der Waals surface area contributed by atoms with Gasteiger partial charge in [-0.3, -0.25) is 4.79 Å². The molecule has 4 atom stereocenters. The van der Waals surface area contributed by atoms with Crippen LogP contribution in [0.15, 0.2) is 12.2 Å². The zero-order chi connectivity index (χ0) is 12.0. The molecule has 4 nitrogen and oxygen atoms in total. The number of fused-ring (bicyclic) bond motifs is 2. The Bertz CT molecular complexity index is 347.